The molecular formula is C21H28O3. The standard InChI is InChI=1S/C21H28O3/c1-12-9-13(2)21(4)7-5-16-14(3)24-18(15-6-8-23-11-15)10-17(16)19(21)20(12)22/h6,8,11-13,16-19H,3,5,7,9-10H2,1-2,4H3/t12-,13+,16-,17-,18-,19-,21-/m0/s1. The lowest BCUT2D eigenvalue weighted by atomic mass is 9.47. The largest absolute Gasteiger partial charge is 0.490 e. The highest BCUT2D eigenvalue weighted by atomic mass is 16.5. The van der Waals surface area contributed by atoms with E-state index in [0.717, 1.165) is 37.0 Å². The Morgan fingerprint density at radius 3 is 2.79 bits per heavy atom. The van der Waals surface area contributed by atoms with Gasteiger partial charge in [-0.25, -0.2) is 0 Å². The first-order valence-corrected chi connectivity index (χ1v) is 9.33. The summed E-state index contributed by atoms with van der Waals surface area (Å²) in [5, 5.41) is 0. The molecule has 0 N–H and O–H groups in total. The third kappa shape index (κ3) is 2.20. The van der Waals surface area contributed by atoms with Gasteiger partial charge in [-0.1, -0.05) is 27.4 Å². The summed E-state index contributed by atoms with van der Waals surface area (Å²) < 4.78 is 11.4. The zero-order chi connectivity index (χ0) is 17.1. The van der Waals surface area contributed by atoms with Crippen molar-refractivity contribution in [2.75, 3.05) is 0 Å². The number of hydrogen-bond acceptors (Lipinski definition) is 3. The first-order chi connectivity index (χ1) is 11.4. The van der Waals surface area contributed by atoms with E-state index in [-0.39, 0.29) is 23.4 Å². The van der Waals surface area contributed by atoms with Gasteiger partial charge in [0.2, 0.25) is 0 Å². The van der Waals surface area contributed by atoms with Crippen LogP contribution in [0, 0.1) is 35.0 Å². The van der Waals surface area contributed by atoms with Crippen LogP contribution in [0.3, 0.4) is 0 Å². The molecule has 1 aromatic rings. The Balaban J connectivity index is 1.70. The second kappa shape index (κ2) is 5.50. The Kier molecular flexibility index (Phi) is 3.67. The Labute approximate surface area is 144 Å². The van der Waals surface area contributed by atoms with Crippen LogP contribution in [-0.2, 0) is 9.53 Å². The van der Waals surface area contributed by atoms with Crippen molar-refractivity contribution in [1.29, 1.82) is 0 Å². The lowest BCUT2D eigenvalue weighted by molar-refractivity contribution is -0.157. The predicted octanol–water partition coefficient (Wildman–Crippen LogP) is 5.15. The van der Waals surface area contributed by atoms with Crippen LogP contribution in [-0.4, -0.2) is 5.78 Å². The highest BCUT2D eigenvalue weighted by Gasteiger charge is 2.57. The number of rotatable bonds is 1. The van der Waals surface area contributed by atoms with Crippen LogP contribution in [0.2, 0.25) is 0 Å². The number of allylic oxidation sites excluding steroid dienone is 1. The summed E-state index contributed by atoms with van der Waals surface area (Å²) in [5.41, 5.74) is 1.19. The Bertz CT molecular complexity index is 646. The van der Waals surface area contributed by atoms with Gasteiger partial charge >= 0.3 is 0 Å². The van der Waals surface area contributed by atoms with E-state index in [2.05, 4.69) is 27.4 Å². The monoisotopic (exact) mass is 328 g/mol. The lowest BCUT2D eigenvalue weighted by Crippen LogP contribution is -2.55. The molecule has 0 bridgehead atoms. The van der Waals surface area contributed by atoms with Gasteiger partial charge in [0.25, 0.3) is 0 Å². The minimum absolute atomic E-state index is 0.0276. The average Bonchev–Trinajstić information content (AvgIpc) is 3.07. The molecule has 1 aromatic heterocycles. The number of Topliss-reactive ketones (excluding diaryl/α,β-unsaturated/α-hetero) is 1. The van der Waals surface area contributed by atoms with Gasteiger partial charge in [-0.3, -0.25) is 4.79 Å². The minimum atomic E-state index is -0.0276. The van der Waals surface area contributed by atoms with Gasteiger partial charge in [-0.05, 0) is 49.0 Å². The third-order valence-corrected chi connectivity index (χ3v) is 7.38. The first-order valence-electron chi connectivity index (χ1n) is 9.33. The molecule has 2 saturated carbocycles. The van der Waals surface area contributed by atoms with Crippen LogP contribution in [0.1, 0.15) is 58.1 Å². The number of fused-ring (bicyclic) bond motifs is 3. The van der Waals surface area contributed by atoms with Crippen molar-refractivity contribution in [1.82, 2.24) is 0 Å². The summed E-state index contributed by atoms with van der Waals surface area (Å²) in [7, 11) is 0. The molecule has 3 heteroatoms. The molecule has 130 valence electrons. The molecule has 2 aliphatic carbocycles. The van der Waals surface area contributed by atoms with Gasteiger partial charge in [-0.15, -0.1) is 0 Å². The number of ketones is 1. The molecular weight excluding hydrogens is 300 g/mol. The van der Waals surface area contributed by atoms with Gasteiger partial charge in [0, 0.05) is 23.3 Å². The molecule has 0 amide bonds. The van der Waals surface area contributed by atoms with Crippen LogP contribution in [0.15, 0.2) is 35.3 Å². The summed E-state index contributed by atoms with van der Waals surface area (Å²) >= 11 is 0. The molecule has 7 atom stereocenters. The van der Waals surface area contributed by atoms with E-state index in [4.69, 9.17) is 9.15 Å². The topological polar surface area (TPSA) is 39.4 Å². The summed E-state index contributed by atoms with van der Waals surface area (Å²) in [4.78, 5) is 13.2. The SMILES string of the molecule is C=C1O[C@H](c2ccoc2)C[C@@H]2[C@H]3C(=O)[C@@H](C)C[C@@H](C)[C@]3(C)CC[C@@H]12. The highest BCUT2D eigenvalue weighted by Crippen LogP contribution is 2.61. The minimum Gasteiger partial charge on any atom is -0.490 e. The Morgan fingerprint density at radius 1 is 1.29 bits per heavy atom. The highest BCUT2D eigenvalue weighted by molar-refractivity contribution is 5.85. The Hall–Kier alpha value is -1.51. The smallest absolute Gasteiger partial charge is 0.139 e. The molecule has 0 radical (unpaired) electrons. The molecule has 3 nitrogen and oxygen atoms in total. The average molecular weight is 328 g/mol. The van der Waals surface area contributed by atoms with Crippen molar-refractivity contribution in [2.45, 2.75) is 52.6 Å². The number of carbonyl (C=O) groups excluding carboxylic acids is 1. The van der Waals surface area contributed by atoms with Gasteiger partial charge in [0.1, 0.15) is 11.9 Å². The van der Waals surface area contributed by atoms with Crippen LogP contribution >= 0.6 is 0 Å². The van der Waals surface area contributed by atoms with Crippen molar-refractivity contribution in [3.05, 3.63) is 36.5 Å². The molecule has 0 aromatic carbocycles. The van der Waals surface area contributed by atoms with E-state index in [0.29, 0.717) is 23.5 Å². The molecule has 0 spiro atoms. The van der Waals surface area contributed by atoms with Crippen LogP contribution in [0.4, 0.5) is 0 Å². The summed E-state index contributed by atoms with van der Waals surface area (Å²) in [6.45, 7) is 11.0. The summed E-state index contributed by atoms with van der Waals surface area (Å²) in [6.07, 6.45) is 7.56. The van der Waals surface area contributed by atoms with E-state index in [9.17, 15) is 4.79 Å². The van der Waals surface area contributed by atoms with Crippen molar-refractivity contribution in [2.24, 2.45) is 35.0 Å². The van der Waals surface area contributed by atoms with Gasteiger partial charge in [-0.2, -0.15) is 0 Å². The van der Waals surface area contributed by atoms with E-state index in [1.807, 2.05) is 6.07 Å². The van der Waals surface area contributed by atoms with Crippen molar-refractivity contribution >= 4 is 5.78 Å². The van der Waals surface area contributed by atoms with Crippen molar-refractivity contribution in [3.8, 4) is 0 Å². The molecule has 4 rings (SSSR count). The van der Waals surface area contributed by atoms with E-state index in [1.54, 1.807) is 12.5 Å². The second-order valence-electron chi connectivity index (χ2n) is 8.60. The fraction of sp³-hybridized carbons (Fsp3) is 0.667. The van der Waals surface area contributed by atoms with Crippen molar-refractivity contribution < 1.29 is 13.9 Å². The number of carbonyl (C=O) groups is 1. The number of ether oxygens (including phenoxy) is 1. The zero-order valence-electron chi connectivity index (χ0n) is 15.0. The maximum atomic E-state index is 13.2. The molecule has 3 aliphatic rings. The fourth-order valence-corrected chi connectivity index (χ4v) is 5.80. The predicted molar refractivity (Wildman–Crippen MR) is 92.1 cm³/mol. The maximum absolute atomic E-state index is 13.2. The number of furan rings is 1. The van der Waals surface area contributed by atoms with Crippen LogP contribution in [0.5, 0.6) is 0 Å². The lowest BCUT2D eigenvalue weighted by Gasteiger charge is -2.57. The van der Waals surface area contributed by atoms with E-state index in [1.165, 1.54) is 0 Å². The van der Waals surface area contributed by atoms with Crippen molar-refractivity contribution in [3.63, 3.8) is 0 Å². The zero-order valence-corrected chi connectivity index (χ0v) is 15.0. The molecule has 1 saturated heterocycles. The van der Waals surface area contributed by atoms with Crippen LogP contribution in [0.25, 0.3) is 0 Å². The van der Waals surface area contributed by atoms with Gasteiger partial charge in [0.05, 0.1) is 18.3 Å². The summed E-state index contributed by atoms with van der Waals surface area (Å²) in [6, 6.07) is 1.97. The van der Waals surface area contributed by atoms with E-state index >= 15 is 0 Å². The second-order valence-corrected chi connectivity index (χ2v) is 8.60. The van der Waals surface area contributed by atoms with Gasteiger partial charge in [0.15, 0.2) is 0 Å². The van der Waals surface area contributed by atoms with E-state index < -0.39 is 0 Å². The fourth-order valence-electron chi connectivity index (χ4n) is 5.80. The maximum Gasteiger partial charge on any atom is 0.139 e. The molecule has 3 fully saturated rings. The Morgan fingerprint density at radius 2 is 2.08 bits per heavy atom. The quantitative estimate of drug-likeness (QED) is 0.716. The molecule has 2 heterocycles. The molecule has 1 aliphatic heterocycles. The number of hydrogen-bond donors (Lipinski definition) is 0. The summed E-state index contributed by atoms with van der Waals surface area (Å²) in [5.74, 6) is 2.95. The van der Waals surface area contributed by atoms with Gasteiger partial charge < -0.3 is 9.15 Å². The third-order valence-electron chi connectivity index (χ3n) is 7.38. The molecule has 0 unspecified atom stereocenters. The van der Waals surface area contributed by atoms with Crippen LogP contribution < -0.4 is 0 Å². The normalized spacial score (nSPS) is 45.3. The molecule has 24 heavy (non-hydrogen) atoms. The first kappa shape index (κ1) is 16.0.